The van der Waals surface area contributed by atoms with E-state index in [0.717, 1.165) is 19.3 Å². The number of hydrogen-bond acceptors (Lipinski definition) is 3. The minimum absolute atomic E-state index is 0.160. The van der Waals surface area contributed by atoms with Crippen molar-refractivity contribution < 1.29 is 9.90 Å². The lowest BCUT2D eigenvalue weighted by Crippen LogP contribution is -2.39. The SMILES string of the molecule is CCCCC(C(=O)O)N(C)C(C)c1cccs1. The van der Waals surface area contributed by atoms with Crippen molar-refractivity contribution in [2.75, 3.05) is 7.05 Å². The second kappa shape index (κ2) is 6.77. The van der Waals surface area contributed by atoms with Crippen LogP contribution in [-0.4, -0.2) is 29.1 Å². The predicted octanol–water partition coefficient (Wildman–Crippen LogP) is 3.38. The lowest BCUT2D eigenvalue weighted by atomic mass is 10.1. The molecule has 1 rings (SSSR count). The van der Waals surface area contributed by atoms with Gasteiger partial charge in [0.05, 0.1) is 0 Å². The molecule has 1 N–H and O–H groups in total. The molecule has 3 nitrogen and oxygen atoms in total. The number of aliphatic carboxylic acids is 1. The van der Waals surface area contributed by atoms with E-state index in [1.54, 1.807) is 11.3 Å². The topological polar surface area (TPSA) is 40.5 Å². The molecular weight excluding hydrogens is 234 g/mol. The minimum Gasteiger partial charge on any atom is -0.480 e. The van der Waals surface area contributed by atoms with Gasteiger partial charge >= 0.3 is 5.97 Å². The van der Waals surface area contributed by atoms with E-state index in [0.29, 0.717) is 0 Å². The van der Waals surface area contributed by atoms with Crippen molar-refractivity contribution in [1.82, 2.24) is 4.90 Å². The number of rotatable bonds is 7. The smallest absolute Gasteiger partial charge is 0.320 e. The van der Waals surface area contributed by atoms with Crippen LogP contribution in [0.1, 0.15) is 44.0 Å². The largest absolute Gasteiger partial charge is 0.480 e. The Morgan fingerprint density at radius 3 is 2.76 bits per heavy atom. The molecule has 1 aromatic heterocycles. The molecule has 0 fully saturated rings. The summed E-state index contributed by atoms with van der Waals surface area (Å²) >= 11 is 1.68. The minimum atomic E-state index is -0.718. The third-order valence-corrected chi connectivity index (χ3v) is 4.22. The Labute approximate surface area is 107 Å². The van der Waals surface area contributed by atoms with Crippen LogP contribution < -0.4 is 0 Å². The van der Waals surface area contributed by atoms with Gasteiger partial charge in [0.2, 0.25) is 0 Å². The molecule has 17 heavy (non-hydrogen) atoms. The van der Waals surface area contributed by atoms with Crippen LogP contribution in [0.2, 0.25) is 0 Å². The summed E-state index contributed by atoms with van der Waals surface area (Å²) in [4.78, 5) is 14.5. The Bertz CT molecular complexity index is 337. The Balaban J connectivity index is 2.70. The van der Waals surface area contributed by atoms with Crippen molar-refractivity contribution in [1.29, 1.82) is 0 Å². The third kappa shape index (κ3) is 3.82. The lowest BCUT2D eigenvalue weighted by molar-refractivity contribution is -0.143. The Hall–Kier alpha value is -0.870. The number of hydrogen-bond donors (Lipinski definition) is 1. The number of carbonyl (C=O) groups is 1. The Kier molecular flexibility index (Phi) is 5.65. The molecular formula is C13H21NO2S. The molecule has 1 heterocycles. The second-order valence-electron chi connectivity index (χ2n) is 4.35. The molecule has 1 aromatic rings. The van der Waals surface area contributed by atoms with E-state index in [9.17, 15) is 9.90 Å². The maximum absolute atomic E-state index is 11.3. The summed E-state index contributed by atoms with van der Waals surface area (Å²) in [6, 6.07) is 3.84. The van der Waals surface area contributed by atoms with Gasteiger partial charge in [0.25, 0.3) is 0 Å². The highest BCUT2D eigenvalue weighted by atomic mass is 32.1. The van der Waals surface area contributed by atoms with Crippen molar-refractivity contribution in [2.45, 2.75) is 45.2 Å². The van der Waals surface area contributed by atoms with Gasteiger partial charge in [-0.2, -0.15) is 0 Å². The molecule has 0 bridgehead atoms. The van der Waals surface area contributed by atoms with Crippen LogP contribution in [0, 0.1) is 0 Å². The van der Waals surface area contributed by atoms with Crippen LogP contribution in [0.4, 0.5) is 0 Å². The zero-order valence-electron chi connectivity index (χ0n) is 10.7. The molecule has 0 spiro atoms. The molecule has 96 valence electrons. The average Bonchev–Trinajstić information content (AvgIpc) is 2.81. The lowest BCUT2D eigenvalue weighted by Gasteiger charge is -2.29. The zero-order chi connectivity index (χ0) is 12.8. The molecule has 0 aromatic carbocycles. The quantitative estimate of drug-likeness (QED) is 0.812. The van der Waals surface area contributed by atoms with Crippen molar-refractivity contribution >= 4 is 17.3 Å². The van der Waals surface area contributed by atoms with E-state index in [1.807, 2.05) is 23.4 Å². The van der Waals surface area contributed by atoms with E-state index in [4.69, 9.17) is 0 Å². The van der Waals surface area contributed by atoms with E-state index < -0.39 is 5.97 Å². The highest BCUT2D eigenvalue weighted by Crippen LogP contribution is 2.26. The highest BCUT2D eigenvalue weighted by Gasteiger charge is 2.26. The van der Waals surface area contributed by atoms with Gasteiger partial charge in [0.1, 0.15) is 6.04 Å². The van der Waals surface area contributed by atoms with Gasteiger partial charge in [-0.3, -0.25) is 9.69 Å². The summed E-state index contributed by atoms with van der Waals surface area (Å²) in [6.45, 7) is 4.15. The summed E-state index contributed by atoms with van der Waals surface area (Å²) in [6.07, 6.45) is 2.71. The summed E-state index contributed by atoms with van der Waals surface area (Å²) < 4.78 is 0. The molecule has 0 saturated heterocycles. The van der Waals surface area contributed by atoms with E-state index >= 15 is 0 Å². The molecule has 0 amide bonds. The molecule has 4 heteroatoms. The maximum atomic E-state index is 11.3. The third-order valence-electron chi connectivity index (χ3n) is 3.17. The van der Waals surface area contributed by atoms with E-state index in [1.165, 1.54) is 4.88 Å². The number of carboxylic acids is 1. The number of unbranched alkanes of at least 4 members (excludes halogenated alkanes) is 1. The monoisotopic (exact) mass is 255 g/mol. The number of carboxylic acid groups (broad SMARTS) is 1. The number of likely N-dealkylation sites (N-methyl/N-ethyl adjacent to an activating group) is 1. The molecule has 0 saturated carbocycles. The normalized spacial score (nSPS) is 14.8. The van der Waals surface area contributed by atoms with Crippen molar-refractivity contribution in [3.8, 4) is 0 Å². The molecule has 2 unspecified atom stereocenters. The fourth-order valence-corrected chi connectivity index (χ4v) is 2.73. The summed E-state index contributed by atoms with van der Waals surface area (Å²) in [5.41, 5.74) is 0. The van der Waals surface area contributed by atoms with Crippen molar-refractivity contribution in [3.63, 3.8) is 0 Å². The highest BCUT2D eigenvalue weighted by molar-refractivity contribution is 7.10. The molecule has 0 aliphatic carbocycles. The van der Waals surface area contributed by atoms with Crippen LogP contribution in [0.25, 0.3) is 0 Å². The van der Waals surface area contributed by atoms with Crippen LogP contribution >= 0.6 is 11.3 Å². The average molecular weight is 255 g/mol. The van der Waals surface area contributed by atoms with Crippen LogP contribution in [0.5, 0.6) is 0 Å². The second-order valence-corrected chi connectivity index (χ2v) is 5.33. The van der Waals surface area contributed by atoms with Gasteiger partial charge < -0.3 is 5.11 Å². The molecule has 0 aliphatic heterocycles. The first-order valence-corrected chi connectivity index (χ1v) is 6.94. The number of thiophene rings is 1. The number of nitrogens with zero attached hydrogens (tertiary/aromatic N) is 1. The molecule has 0 aliphatic rings. The van der Waals surface area contributed by atoms with Gasteiger partial charge in [0, 0.05) is 10.9 Å². The van der Waals surface area contributed by atoms with Gasteiger partial charge in [-0.1, -0.05) is 25.8 Å². The zero-order valence-corrected chi connectivity index (χ0v) is 11.5. The summed E-state index contributed by atoms with van der Waals surface area (Å²) in [5, 5.41) is 11.3. The van der Waals surface area contributed by atoms with Crippen LogP contribution in [0.15, 0.2) is 17.5 Å². The fraction of sp³-hybridized carbons (Fsp3) is 0.615. The van der Waals surface area contributed by atoms with Crippen LogP contribution in [-0.2, 0) is 4.79 Å². The molecule has 0 radical (unpaired) electrons. The predicted molar refractivity (Wildman–Crippen MR) is 71.4 cm³/mol. The first kappa shape index (κ1) is 14.2. The van der Waals surface area contributed by atoms with Crippen molar-refractivity contribution in [2.24, 2.45) is 0 Å². The first-order chi connectivity index (χ1) is 8.07. The van der Waals surface area contributed by atoms with Gasteiger partial charge in [-0.25, -0.2) is 0 Å². The molecule has 2 atom stereocenters. The van der Waals surface area contributed by atoms with Crippen LogP contribution in [0.3, 0.4) is 0 Å². The first-order valence-electron chi connectivity index (χ1n) is 6.06. The maximum Gasteiger partial charge on any atom is 0.320 e. The fourth-order valence-electron chi connectivity index (χ4n) is 1.90. The Morgan fingerprint density at radius 2 is 2.29 bits per heavy atom. The van der Waals surface area contributed by atoms with Crippen molar-refractivity contribution in [3.05, 3.63) is 22.4 Å². The Morgan fingerprint density at radius 1 is 1.59 bits per heavy atom. The summed E-state index contributed by atoms with van der Waals surface area (Å²) in [5.74, 6) is -0.718. The van der Waals surface area contributed by atoms with Gasteiger partial charge in [-0.05, 0) is 31.8 Å². The van der Waals surface area contributed by atoms with E-state index in [-0.39, 0.29) is 12.1 Å². The summed E-state index contributed by atoms with van der Waals surface area (Å²) in [7, 11) is 1.90. The standard InChI is InChI=1S/C13H21NO2S/c1-4-5-7-11(13(15)16)14(3)10(2)12-8-6-9-17-12/h6,8-11H,4-5,7H2,1-3H3,(H,15,16). The van der Waals surface area contributed by atoms with Gasteiger partial charge in [0.15, 0.2) is 0 Å². The van der Waals surface area contributed by atoms with Gasteiger partial charge in [-0.15, -0.1) is 11.3 Å². The van der Waals surface area contributed by atoms with E-state index in [2.05, 4.69) is 19.9 Å².